The van der Waals surface area contributed by atoms with Gasteiger partial charge in [0.15, 0.2) is 0 Å². The van der Waals surface area contributed by atoms with Crippen LogP contribution in [0.25, 0.3) is 0 Å². The van der Waals surface area contributed by atoms with Crippen molar-refractivity contribution in [3.63, 3.8) is 0 Å². The maximum Gasteiger partial charge on any atom is 0.0443 e. The Kier molecular flexibility index (Phi) is 6.37. The fourth-order valence-electron chi connectivity index (χ4n) is 3.30. The number of nitrogens with one attached hydrogen (secondary N) is 1. The minimum Gasteiger partial charge on any atom is -0.309 e. The van der Waals surface area contributed by atoms with E-state index in [0.717, 1.165) is 18.4 Å². The lowest BCUT2D eigenvalue weighted by molar-refractivity contribution is 0.211. The van der Waals surface area contributed by atoms with Crippen molar-refractivity contribution in [2.45, 2.75) is 58.4 Å². The molecule has 0 bridgehead atoms. The molecular weight excluding hydrogens is 318 g/mol. The van der Waals surface area contributed by atoms with Crippen LogP contribution in [0.15, 0.2) is 15.9 Å². The predicted molar refractivity (Wildman–Crippen MR) is 88.8 cm³/mol. The molecule has 1 saturated carbocycles. The van der Waals surface area contributed by atoms with Crippen LogP contribution in [0.4, 0.5) is 0 Å². The summed E-state index contributed by atoms with van der Waals surface area (Å²) in [5, 5.41) is 6.02. The van der Waals surface area contributed by atoms with E-state index in [1.807, 2.05) is 11.3 Å². The van der Waals surface area contributed by atoms with Crippen molar-refractivity contribution < 1.29 is 0 Å². The third-order valence-corrected chi connectivity index (χ3v) is 6.16. The van der Waals surface area contributed by atoms with Crippen molar-refractivity contribution in [3.8, 4) is 0 Å². The lowest BCUT2D eigenvalue weighted by atomic mass is 9.76. The van der Waals surface area contributed by atoms with Crippen LogP contribution in [0.2, 0.25) is 0 Å². The first-order chi connectivity index (χ1) is 9.24. The highest BCUT2D eigenvalue weighted by Gasteiger charge is 2.29. The Morgan fingerprint density at radius 1 is 1.42 bits per heavy atom. The number of hydrogen-bond donors (Lipinski definition) is 1. The van der Waals surface area contributed by atoms with Gasteiger partial charge < -0.3 is 5.32 Å². The molecule has 2 rings (SSSR count). The zero-order valence-corrected chi connectivity index (χ0v) is 14.5. The summed E-state index contributed by atoms with van der Waals surface area (Å²) < 4.78 is 1.23. The maximum absolute atomic E-state index is 3.80. The van der Waals surface area contributed by atoms with Crippen LogP contribution in [0.5, 0.6) is 0 Å². The van der Waals surface area contributed by atoms with Crippen LogP contribution in [-0.2, 0) is 0 Å². The zero-order valence-electron chi connectivity index (χ0n) is 12.1. The molecule has 19 heavy (non-hydrogen) atoms. The molecule has 1 aliphatic rings. The van der Waals surface area contributed by atoms with Crippen LogP contribution in [0.1, 0.15) is 63.3 Å². The average Bonchev–Trinajstić information content (AvgIpc) is 2.86. The van der Waals surface area contributed by atoms with Gasteiger partial charge in [0.05, 0.1) is 0 Å². The van der Waals surface area contributed by atoms with Crippen molar-refractivity contribution in [1.82, 2.24) is 5.32 Å². The van der Waals surface area contributed by atoms with Gasteiger partial charge in [-0.15, -0.1) is 11.3 Å². The molecule has 3 unspecified atom stereocenters. The Labute approximate surface area is 130 Å². The van der Waals surface area contributed by atoms with E-state index in [2.05, 4.69) is 46.5 Å². The van der Waals surface area contributed by atoms with Gasteiger partial charge >= 0.3 is 0 Å². The minimum absolute atomic E-state index is 0.575. The molecule has 0 saturated heterocycles. The summed E-state index contributed by atoms with van der Waals surface area (Å²) in [6.07, 6.45) is 8.24. The Morgan fingerprint density at radius 3 is 2.89 bits per heavy atom. The van der Waals surface area contributed by atoms with Gasteiger partial charge in [-0.3, -0.25) is 0 Å². The van der Waals surface area contributed by atoms with Crippen molar-refractivity contribution >= 4 is 27.3 Å². The second-order valence-electron chi connectivity index (χ2n) is 5.80. The Balaban J connectivity index is 2.08. The Hall–Kier alpha value is 0.140. The van der Waals surface area contributed by atoms with Crippen LogP contribution < -0.4 is 5.32 Å². The van der Waals surface area contributed by atoms with Gasteiger partial charge in [-0.1, -0.05) is 33.1 Å². The van der Waals surface area contributed by atoms with Gasteiger partial charge in [-0.25, -0.2) is 0 Å². The predicted octanol–water partition coefficient (Wildman–Crippen LogP) is 5.77. The monoisotopic (exact) mass is 343 g/mol. The number of hydrogen-bond acceptors (Lipinski definition) is 2. The van der Waals surface area contributed by atoms with E-state index < -0.39 is 0 Å². The lowest BCUT2D eigenvalue weighted by Gasteiger charge is -2.34. The lowest BCUT2D eigenvalue weighted by Crippen LogP contribution is -2.31. The summed E-state index contributed by atoms with van der Waals surface area (Å²) in [6, 6.07) is 2.89. The summed E-state index contributed by atoms with van der Waals surface area (Å²) in [6.45, 7) is 5.74. The molecule has 1 aromatic rings. The summed E-state index contributed by atoms with van der Waals surface area (Å²) in [5.41, 5.74) is 0. The molecule has 108 valence electrons. The van der Waals surface area contributed by atoms with E-state index in [4.69, 9.17) is 0 Å². The van der Waals surface area contributed by atoms with Crippen molar-refractivity contribution in [2.75, 3.05) is 6.54 Å². The number of thiophene rings is 1. The van der Waals surface area contributed by atoms with Crippen LogP contribution in [0.3, 0.4) is 0 Å². The quantitative estimate of drug-likeness (QED) is 0.691. The highest BCUT2D eigenvalue weighted by Crippen LogP contribution is 2.40. The molecular formula is C16H26BrNS. The molecule has 1 N–H and O–H groups in total. The van der Waals surface area contributed by atoms with E-state index in [0.29, 0.717) is 6.04 Å². The first-order valence-corrected chi connectivity index (χ1v) is 9.39. The minimum atomic E-state index is 0.575. The first-order valence-electron chi connectivity index (χ1n) is 7.71. The summed E-state index contributed by atoms with van der Waals surface area (Å²) >= 11 is 5.50. The Bertz CT molecular complexity index is 377. The topological polar surface area (TPSA) is 12.0 Å². The van der Waals surface area contributed by atoms with Crippen LogP contribution >= 0.6 is 27.3 Å². The SMILES string of the molecule is CCCNC(c1cc(Br)cs1)C1CCCC(CC)C1. The first kappa shape index (κ1) is 15.5. The highest BCUT2D eigenvalue weighted by atomic mass is 79.9. The molecule has 1 aromatic heterocycles. The molecule has 0 aromatic carbocycles. The molecule has 3 heteroatoms. The maximum atomic E-state index is 3.80. The molecule has 1 aliphatic carbocycles. The van der Waals surface area contributed by atoms with Crippen molar-refractivity contribution in [1.29, 1.82) is 0 Å². The third kappa shape index (κ3) is 4.30. The molecule has 1 fully saturated rings. The molecule has 0 radical (unpaired) electrons. The second-order valence-corrected chi connectivity index (χ2v) is 7.66. The van der Waals surface area contributed by atoms with E-state index in [1.165, 1.54) is 47.9 Å². The summed E-state index contributed by atoms with van der Waals surface area (Å²) in [4.78, 5) is 1.52. The zero-order chi connectivity index (χ0) is 13.7. The van der Waals surface area contributed by atoms with Gasteiger partial charge in [0, 0.05) is 20.8 Å². The third-order valence-electron chi connectivity index (χ3n) is 4.38. The summed E-state index contributed by atoms with van der Waals surface area (Å²) in [7, 11) is 0. The molecule has 3 atom stereocenters. The molecule has 1 nitrogen and oxygen atoms in total. The van der Waals surface area contributed by atoms with E-state index in [-0.39, 0.29) is 0 Å². The normalized spacial score (nSPS) is 25.4. The standard InChI is InChI=1S/C16H26BrNS/c1-3-8-18-16(15-10-14(17)11-19-15)13-7-5-6-12(4-2)9-13/h10-13,16,18H,3-9H2,1-2H3. The number of halogens is 1. The molecule has 1 heterocycles. The van der Waals surface area contributed by atoms with Gasteiger partial charge in [0.1, 0.15) is 0 Å². The number of rotatable bonds is 6. The van der Waals surface area contributed by atoms with E-state index >= 15 is 0 Å². The molecule has 0 amide bonds. The highest BCUT2D eigenvalue weighted by molar-refractivity contribution is 9.10. The average molecular weight is 344 g/mol. The van der Waals surface area contributed by atoms with Gasteiger partial charge in [0.2, 0.25) is 0 Å². The van der Waals surface area contributed by atoms with Gasteiger partial charge in [-0.2, -0.15) is 0 Å². The smallest absolute Gasteiger partial charge is 0.0443 e. The van der Waals surface area contributed by atoms with Crippen molar-refractivity contribution in [2.24, 2.45) is 11.8 Å². The largest absolute Gasteiger partial charge is 0.309 e. The van der Waals surface area contributed by atoms with Crippen LogP contribution in [0, 0.1) is 11.8 Å². The Morgan fingerprint density at radius 2 is 2.26 bits per heavy atom. The fourth-order valence-corrected chi connectivity index (χ4v) is 4.91. The van der Waals surface area contributed by atoms with Gasteiger partial charge in [0.25, 0.3) is 0 Å². The summed E-state index contributed by atoms with van der Waals surface area (Å²) in [5.74, 6) is 1.78. The molecule has 0 aliphatic heterocycles. The van der Waals surface area contributed by atoms with E-state index in [1.54, 1.807) is 0 Å². The second kappa shape index (κ2) is 7.80. The van der Waals surface area contributed by atoms with Crippen LogP contribution in [-0.4, -0.2) is 6.54 Å². The van der Waals surface area contributed by atoms with Crippen molar-refractivity contribution in [3.05, 3.63) is 20.8 Å². The van der Waals surface area contributed by atoms with Gasteiger partial charge in [-0.05, 0) is 59.6 Å². The molecule has 0 spiro atoms. The van der Waals surface area contributed by atoms with E-state index in [9.17, 15) is 0 Å². The fraction of sp³-hybridized carbons (Fsp3) is 0.750.